The van der Waals surface area contributed by atoms with Gasteiger partial charge < -0.3 is 4.74 Å². The fourth-order valence-corrected chi connectivity index (χ4v) is 3.27. The Kier molecular flexibility index (Phi) is 3.35. The van der Waals surface area contributed by atoms with Crippen LogP contribution in [0.3, 0.4) is 0 Å². The molecule has 0 saturated heterocycles. The van der Waals surface area contributed by atoms with Gasteiger partial charge >= 0.3 is 0 Å². The highest BCUT2D eigenvalue weighted by molar-refractivity contribution is 7.17. The second-order valence-corrected chi connectivity index (χ2v) is 6.07. The molecule has 0 bridgehead atoms. The first kappa shape index (κ1) is 13.0. The smallest absolute Gasteiger partial charge is 0.120 e. The van der Waals surface area contributed by atoms with E-state index < -0.39 is 0 Å². The van der Waals surface area contributed by atoms with Crippen LogP contribution in [0.25, 0.3) is 11.1 Å². The first-order valence-electron chi connectivity index (χ1n) is 6.00. The highest BCUT2D eigenvalue weighted by Gasteiger charge is 2.23. The number of nitriles is 1. The summed E-state index contributed by atoms with van der Waals surface area (Å²) in [5, 5.41) is 8.86. The fraction of sp³-hybridized carbons (Fsp3) is 0.0625. The van der Waals surface area contributed by atoms with Gasteiger partial charge in [-0.05, 0) is 29.8 Å². The summed E-state index contributed by atoms with van der Waals surface area (Å²) in [7, 11) is 0. The van der Waals surface area contributed by atoms with Gasteiger partial charge in [0.05, 0.1) is 16.0 Å². The minimum Gasteiger partial charge on any atom is -0.489 e. The predicted octanol–water partition coefficient (Wildman–Crippen LogP) is 4.73. The fourth-order valence-electron chi connectivity index (χ4n) is 2.19. The number of benzene rings is 1. The van der Waals surface area contributed by atoms with Gasteiger partial charge in [-0.2, -0.15) is 5.26 Å². The number of hydrogen-bond donors (Lipinski definition) is 0. The lowest BCUT2D eigenvalue weighted by Crippen LogP contribution is -1.87. The summed E-state index contributed by atoms with van der Waals surface area (Å²) in [6.45, 7) is 4.47. The number of rotatable bonds is 2. The first-order chi connectivity index (χ1) is 9.69. The van der Waals surface area contributed by atoms with Gasteiger partial charge in [0.25, 0.3) is 0 Å². The highest BCUT2D eigenvalue weighted by Crippen LogP contribution is 2.40. The summed E-state index contributed by atoms with van der Waals surface area (Å²) in [4.78, 5) is 1.09. The maximum absolute atomic E-state index is 8.86. The van der Waals surface area contributed by atoms with Gasteiger partial charge in [-0.3, -0.25) is 0 Å². The molecule has 1 aromatic heterocycles. The van der Waals surface area contributed by atoms with Crippen LogP contribution in [-0.4, -0.2) is 6.61 Å². The minimum atomic E-state index is 0.505. The van der Waals surface area contributed by atoms with Gasteiger partial charge in [-0.1, -0.05) is 30.3 Å². The Hall–Kier alpha value is -2.02. The molecule has 2 aromatic rings. The van der Waals surface area contributed by atoms with Crippen LogP contribution < -0.4 is 0 Å². The van der Waals surface area contributed by atoms with E-state index >= 15 is 0 Å². The van der Waals surface area contributed by atoms with Crippen molar-refractivity contribution in [3.05, 3.63) is 69.1 Å². The van der Waals surface area contributed by atoms with E-state index in [1.54, 1.807) is 12.1 Å². The topological polar surface area (TPSA) is 33.0 Å². The van der Waals surface area contributed by atoms with Crippen LogP contribution in [0.5, 0.6) is 0 Å². The maximum Gasteiger partial charge on any atom is 0.120 e. The van der Waals surface area contributed by atoms with Gasteiger partial charge in [0.2, 0.25) is 0 Å². The second-order valence-electron chi connectivity index (χ2n) is 4.36. The molecule has 0 fully saturated rings. The Morgan fingerprint density at radius 2 is 1.95 bits per heavy atom. The molecule has 0 saturated carbocycles. The van der Waals surface area contributed by atoms with E-state index in [-0.39, 0.29) is 0 Å². The molecule has 1 aliphatic rings. The van der Waals surface area contributed by atoms with Crippen LogP contribution in [-0.2, 0) is 4.74 Å². The number of hydrogen-bond acceptors (Lipinski definition) is 3. The maximum atomic E-state index is 8.86. The van der Waals surface area contributed by atoms with Crippen molar-refractivity contribution in [2.45, 2.75) is 0 Å². The standard InChI is InChI=1S/C16H10ClNOS/c1-10-16(12-4-2-11(8-18)3-5-12)13(9-19-10)14-6-7-15(17)20-14/h2-7H,1,9H2. The quantitative estimate of drug-likeness (QED) is 0.803. The molecule has 0 spiro atoms. The lowest BCUT2D eigenvalue weighted by Gasteiger charge is -2.05. The normalized spacial score (nSPS) is 14.3. The molecule has 4 heteroatoms. The largest absolute Gasteiger partial charge is 0.489 e. The zero-order valence-corrected chi connectivity index (χ0v) is 12.1. The van der Waals surface area contributed by atoms with Gasteiger partial charge in [0, 0.05) is 16.0 Å². The molecular weight excluding hydrogens is 290 g/mol. The Morgan fingerprint density at radius 3 is 2.55 bits per heavy atom. The summed E-state index contributed by atoms with van der Waals surface area (Å²) < 4.78 is 6.34. The molecule has 0 atom stereocenters. The first-order valence-corrected chi connectivity index (χ1v) is 7.20. The molecule has 98 valence electrons. The molecule has 0 unspecified atom stereocenters. The molecule has 0 radical (unpaired) electrons. The average molecular weight is 300 g/mol. The van der Waals surface area contributed by atoms with E-state index in [1.807, 2.05) is 24.3 Å². The summed E-state index contributed by atoms with van der Waals surface area (Å²) in [5.41, 5.74) is 3.73. The Morgan fingerprint density at radius 1 is 1.20 bits per heavy atom. The minimum absolute atomic E-state index is 0.505. The van der Waals surface area contributed by atoms with E-state index in [4.69, 9.17) is 21.6 Å². The SMILES string of the molecule is C=C1OCC(c2ccc(Cl)s2)=C1c1ccc(C#N)cc1. The summed E-state index contributed by atoms with van der Waals surface area (Å²) in [6.07, 6.45) is 0. The van der Waals surface area contributed by atoms with Crippen molar-refractivity contribution in [1.82, 2.24) is 0 Å². The van der Waals surface area contributed by atoms with Gasteiger partial charge in [-0.15, -0.1) is 11.3 Å². The Labute approximate surface area is 126 Å². The van der Waals surface area contributed by atoms with Crippen molar-refractivity contribution in [2.24, 2.45) is 0 Å². The number of halogens is 1. The molecule has 1 aromatic carbocycles. The van der Waals surface area contributed by atoms with E-state index in [0.29, 0.717) is 17.9 Å². The molecule has 0 aliphatic carbocycles. The van der Waals surface area contributed by atoms with E-state index in [9.17, 15) is 0 Å². The van der Waals surface area contributed by atoms with Crippen molar-refractivity contribution in [2.75, 3.05) is 6.61 Å². The van der Waals surface area contributed by atoms with Crippen molar-refractivity contribution in [3.8, 4) is 6.07 Å². The van der Waals surface area contributed by atoms with E-state index in [1.165, 1.54) is 11.3 Å². The van der Waals surface area contributed by atoms with Crippen LogP contribution in [0.2, 0.25) is 4.34 Å². The zero-order valence-electron chi connectivity index (χ0n) is 10.5. The van der Waals surface area contributed by atoms with Gasteiger partial charge in [-0.25, -0.2) is 0 Å². The van der Waals surface area contributed by atoms with Crippen molar-refractivity contribution < 1.29 is 4.74 Å². The number of thiophene rings is 1. The number of allylic oxidation sites excluding steroid dienone is 1. The van der Waals surface area contributed by atoms with Crippen molar-refractivity contribution >= 4 is 34.1 Å². The molecule has 20 heavy (non-hydrogen) atoms. The van der Waals surface area contributed by atoms with Crippen molar-refractivity contribution in [3.63, 3.8) is 0 Å². The number of nitrogens with zero attached hydrogens (tertiary/aromatic N) is 1. The third-order valence-corrected chi connectivity index (χ3v) is 4.44. The zero-order chi connectivity index (χ0) is 14.1. The second kappa shape index (κ2) is 5.16. The number of ether oxygens (including phenoxy) is 1. The third-order valence-electron chi connectivity index (χ3n) is 3.14. The van der Waals surface area contributed by atoms with Gasteiger partial charge in [0.1, 0.15) is 12.4 Å². The van der Waals surface area contributed by atoms with Crippen LogP contribution in [0.15, 0.2) is 48.7 Å². The lowest BCUT2D eigenvalue weighted by atomic mass is 9.99. The van der Waals surface area contributed by atoms with E-state index in [2.05, 4.69) is 12.6 Å². The molecule has 1 aliphatic heterocycles. The summed E-state index contributed by atoms with van der Waals surface area (Å²) in [6, 6.07) is 13.4. The van der Waals surface area contributed by atoms with Crippen LogP contribution in [0.1, 0.15) is 16.0 Å². The molecule has 0 N–H and O–H groups in total. The monoisotopic (exact) mass is 299 g/mol. The summed E-state index contributed by atoms with van der Waals surface area (Å²) >= 11 is 7.53. The Balaban J connectivity index is 2.11. The third kappa shape index (κ3) is 2.24. The molecule has 2 nitrogen and oxygen atoms in total. The predicted molar refractivity (Wildman–Crippen MR) is 82.4 cm³/mol. The van der Waals surface area contributed by atoms with E-state index in [0.717, 1.165) is 25.9 Å². The van der Waals surface area contributed by atoms with Crippen LogP contribution in [0.4, 0.5) is 0 Å². The van der Waals surface area contributed by atoms with Crippen LogP contribution in [0, 0.1) is 11.3 Å². The lowest BCUT2D eigenvalue weighted by molar-refractivity contribution is 0.286. The highest BCUT2D eigenvalue weighted by atomic mass is 35.5. The van der Waals surface area contributed by atoms with Crippen molar-refractivity contribution in [1.29, 1.82) is 5.26 Å². The van der Waals surface area contributed by atoms with Gasteiger partial charge in [0.15, 0.2) is 0 Å². The molecule has 0 amide bonds. The molecule has 3 rings (SSSR count). The Bertz CT molecular complexity index is 750. The molecule has 2 heterocycles. The van der Waals surface area contributed by atoms with Crippen LogP contribution >= 0.6 is 22.9 Å². The molecular formula is C16H10ClNOS. The average Bonchev–Trinajstić information content (AvgIpc) is 3.05. The summed E-state index contributed by atoms with van der Waals surface area (Å²) in [5.74, 6) is 0.661.